The molecular weight excluding hydrogens is 262 g/mol. The SMILES string of the molecule is CN=CN/C(=C\S)c1ccc(-c2ccccn2)s1. The summed E-state index contributed by atoms with van der Waals surface area (Å²) in [6, 6.07) is 10.0. The fourth-order valence-electron chi connectivity index (χ4n) is 1.43. The van der Waals surface area contributed by atoms with Gasteiger partial charge < -0.3 is 5.32 Å². The lowest BCUT2D eigenvalue weighted by atomic mass is 10.3. The van der Waals surface area contributed by atoms with E-state index in [-0.39, 0.29) is 0 Å². The van der Waals surface area contributed by atoms with E-state index in [9.17, 15) is 0 Å². The van der Waals surface area contributed by atoms with Crippen molar-refractivity contribution >= 4 is 36.0 Å². The normalized spacial score (nSPS) is 12.0. The molecule has 92 valence electrons. The third kappa shape index (κ3) is 3.00. The highest BCUT2D eigenvalue weighted by Gasteiger charge is 2.06. The van der Waals surface area contributed by atoms with Crippen molar-refractivity contribution in [3.63, 3.8) is 0 Å². The Morgan fingerprint density at radius 3 is 2.94 bits per heavy atom. The number of hydrogen-bond donors (Lipinski definition) is 2. The van der Waals surface area contributed by atoms with Crippen molar-refractivity contribution in [1.82, 2.24) is 10.3 Å². The fourth-order valence-corrected chi connectivity index (χ4v) is 2.70. The minimum atomic E-state index is 0.927. The van der Waals surface area contributed by atoms with Crippen LogP contribution in [0, 0.1) is 0 Å². The van der Waals surface area contributed by atoms with E-state index in [1.807, 2.05) is 24.3 Å². The van der Waals surface area contributed by atoms with Gasteiger partial charge in [-0.3, -0.25) is 9.98 Å². The lowest BCUT2D eigenvalue weighted by Crippen LogP contribution is -2.07. The first kappa shape index (κ1) is 12.9. The molecule has 2 aromatic heterocycles. The second kappa shape index (κ2) is 6.37. The zero-order valence-electron chi connectivity index (χ0n) is 9.87. The smallest absolute Gasteiger partial charge is 0.0864 e. The maximum absolute atomic E-state index is 4.33. The van der Waals surface area contributed by atoms with Crippen LogP contribution >= 0.6 is 24.0 Å². The summed E-state index contributed by atoms with van der Waals surface area (Å²) in [5.41, 5.74) is 1.91. The molecule has 0 saturated heterocycles. The Morgan fingerprint density at radius 1 is 1.39 bits per heavy atom. The van der Waals surface area contributed by atoms with E-state index in [0.29, 0.717) is 0 Å². The Balaban J connectivity index is 2.25. The molecule has 0 atom stereocenters. The molecule has 0 spiro atoms. The van der Waals surface area contributed by atoms with Crippen LogP contribution in [-0.2, 0) is 0 Å². The van der Waals surface area contributed by atoms with Crippen molar-refractivity contribution in [3.05, 3.63) is 46.8 Å². The van der Waals surface area contributed by atoms with Gasteiger partial charge in [-0.25, -0.2) is 0 Å². The molecule has 0 fully saturated rings. The van der Waals surface area contributed by atoms with Gasteiger partial charge in [-0.15, -0.1) is 24.0 Å². The minimum absolute atomic E-state index is 0.927. The number of aromatic nitrogens is 1. The maximum atomic E-state index is 4.33. The minimum Gasteiger partial charge on any atom is -0.345 e. The van der Waals surface area contributed by atoms with E-state index in [2.05, 4.69) is 34.0 Å². The summed E-state index contributed by atoms with van der Waals surface area (Å²) in [5, 5.41) is 4.82. The highest BCUT2D eigenvalue weighted by Crippen LogP contribution is 2.29. The first-order chi connectivity index (χ1) is 8.85. The fraction of sp³-hybridized carbons (Fsp3) is 0.0769. The van der Waals surface area contributed by atoms with Crippen LogP contribution in [0.25, 0.3) is 16.3 Å². The molecule has 2 heterocycles. The van der Waals surface area contributed by atoms with Gasteiger partial charge >= 0.3 is 0 Å². The first-order valence-corrected chi connectivity index (χ1v) is 6.71. The van der Waals surface area contributed by atoms with Crippen LogP contribution in [0.4, 0.5) is 0 Å². The van der Waals surface area contributed by atoms with Gasteiger partial charge in [0.15, 0.2) is 0 Å². The predicted molar refractivity (Wildman–Crippen MR) is 82.1 cm³/mol. The molecule has 0 amide bonds. The van der Waals surface area contributed by atoms with Crippen LogP contribution in [0.5, 0.6) is 0 Å². The highest BCUT2D eigenvalue weighted by molar-refractivity contribution is 7.83. The Hall–Kier alpha value is -1.59. The van der Waals surface area contributed by atoms with Gasteiger partial charge in [0.05, 0.1) is 27.5 Å². The van der Waals surface area contributed by atoms with Crippen molar-refractivity contribution in [1.29, 1.82) is 0 Å². The molecule has 0 saturated carbocycles. The number of thiophene rings is 1. The lowest BCUT2D eigenvalue weighted by molar-refractivity contribution is 1.31. The zero-order valence-corrected chi connectivity index (χ0v) is 11.6. The Labute approximate surface area is 116 Å². The van der Waals surface area contributed by atoms with Crippen LogP contribution in [0.1, 0.15) is 4.88 Å². The van der Waals surface area contributed by atoms with Crippen LogP contribution in [0.2, 0.25) is 0 Å². The van der Waals surface area contributed by atoms with Crippen LogP contribution in [-0.4, -0.2) is 18.4 Å². The van der Waals surface area contributed by atoms with Gasteiger partial charge in [-0.2, -0.15) is 0 Å². The lowest BCUT2D eigenvalue weighted by Gasteiger charge is -2.02. The van der Waals surface area contributed by atoms with Crippen LogP contribution < -0.4 is 5.32 Å². The van der Waals surface area contributed by atoms with Gasteiger partial charge in [-0.1, -0.05) is 6.07 Å². The molecule has 2 aromatic rings. The molecule has 5 heteroatoms. The molecule has 3 nitrogen and oxygen atoms in total. The Kier molecular flexibility index (Phi) is 4.55. The van der Waals surface area contributed by atoms with Crippen molar-refractivity contribution in [2.24, 2.45) is 4.99 Å². The van der Waals surface area contributed by atoms with Crippen molar-refractivity contribution < 1.29 is 0 Å². The molecule has 2 rings (SSSR count). The van der Waals surface area contributed by atoms with E-state index in [1.165, 1.54) is 0 Å². The summed E-state index contributed by atoms with van der Waals surface area (Å²) >= 11 is 5.87. The topological polar surface area (TPSA) is 37.3 Å². The second-order valence-corrected chi connectivity index (χ2v) is 4.80. The van der Waals surface area contributed by atoms with E-state index in [4.69, 9.17) is 0 Å². The van der Waals surface area contributed by atoms with E-state index in [0.717, 1.165) is 21.1 Å². The molecule has 0 aliphatic heterocycles. The number of nitrogens with zero attached hydrogens (tertiary/aromatic N) is 2. The number of aliphatic imine (C=N–C) groups is 1. The number of pyridine rings is 1. The standard InChI is InChI=1S/C13H13N3S2/c1-14-9-16-11(8-17)13-6-5-12(18-13)10-4-2-3-7-15-10/h2-9,17H,1H3,(H,14,16)/b11-8-. The van der Waals surface area contributed by atoms with E-state index in [1.54, 1.807) is 36.3 Å². The third-order valence-corrected chi connectivity index (χ3v) is 3.67. The summed E-state index contributed by atoms with van der Waals surface area (Å²) in [4.78, 5) is 10.5. The molecule has 1 N–H and O–H groups in total. The van der Waals surface area contributed by atoms with Gasteiger partial charge in [-0.05, 0) is 29.7 Å². The third-order valence-electron chi connectivity index (χ3n) is 2.27. The van der Waals surface area contributed by atoms with E-state index >= 15 is 0 Å². The summed E-state index contributed by atoms with van der Waals surface area (Å²) < 4.78 is 0. The summed E-state index contributed by atoms with van der Waals surface area (Å²) in [5.74, 6) is 0. The molecule has 18 heavy (non-hydrogen) atoms. The van der Waals surface area contributed by atoms with Gasteiger partial charge in [0, 0.05) is 13.2 Å². The van der Waals surface area contributed by atoms with Crippen molar-refractivity contribution in [2.75, 3.05) is 7.05 Å². The molecule has 0 bridgehead atoms. The molecule has 0 aliphatic carbocycles. The number of hydrogen-bond acceptors (Lipinski definition) is 4. The van der Waals surface area contributed by atoms with Crippen molar-refractivity contribution in [2.45, 2.75) is 0 Å². The number of rotatable bonds is 4. The quantitative estimate of drug-likeness (QED) is 0.510. The Morgan fingerprint density at radius 2 is 2.28 bits per heavy atom. The highest BCUT2D eigenvalue weighted by atomic mass is 32.1. The number of thiol groups is 1. The molecule has 0 radical (unpaired) electrons. The molecule has 0 unspecified atom stereocenters. The maximum Gasteiger partial charge on any atom is 0.0864 e. The van der Waals surface area contributed by atoms with Gasteiger partial charge in [0.2, 0.25) is 0 Å². The van der Waals surface area contributed by atoms with Crippen LogP contribution in [0.3, 0.4) is 0 Å². The Bertz CT molecular complexity index is 559. The van der Waals surface area contributed by atoms with Crippen molar-refractivity contribution in [3.8, 4) is 10.6 Å². The average Bonchev–Trinajstić information content (AvgIpc) is 2.90. The molecule has 0 aliphatic rings. The van der Waals surface area contributed by atoms with Crippen LogP contribution in [0.15, 0.2) is 46.9 Å². The molecule has 0 aromatic carbocycles. The first-order valence-electron chi connectivity index (χ1n) is 5.38. The summed E-state index contributed by atoms with van der Waals surface area (Å²) in [6.07, 6.45) is 3.44. The summed E-state index contributed by atoms with van der Waals surface area (Å²) in [7, 11) is 1.72. The van der Waals surface area contributed by atoms with E-state index < -0.39 is 0 Å². The largest absolute Gasteiger partial charge is 0.345 e. The zero-order chi connectivity index (χ0) is 12.8. The van der Waals surface area contributed by atoms with Gasteiger partial charge in [0.1, 0.15) is 0 Å². The second-order valence-electron chi connectivity index (χ2n) is 3.45. The average molecular weight is 275 g/mol. The molecular formula is C13H13N3S2. The number of nitrogens with one attached hydrogen (secondary N) is 1. The summed E-state index contributed by atoms with van der Waals surface area (Å²) in [6.45, 7) is 0. The van der Waals surface area contributed by atoms with Gasteiger partial charge in [0.25, 0.3) is 0 Å². The monoisotopic (exact) mass is 275 g/mol. The predicted octanol–water partition coefficient (Wildman–Crippen LogP) is 3.29.